The number of rotatable bonds is 11. The number of carboxylic acid groups (broad SMARTS) is 1. The maximum absolute atomic E-state index is 11.3. The molecule has 0 aliphatic heterocycles. The van der Waals surface area contributed by atoms with E-state index in [9.17, 15) is 9.90 Å². The zero-order chi connectivity index (χ0) is 13.9. The van der Waals surface area contributed by atoms with Crippen LogP contribution in [0.4, 0.5) is 0 Å². The Morgan fingerprint density at radius 3 is 2.32 bits per heavy atom. The zero-order valence-corrected chi connectivity index (χ0v) is 12.8. The summed E-state index contributed by atoms with van der Waals surface area (Å²) in [6, 6.07) is 0. The Kier molecular flexibility index (Phi) is 9.32. The summed E-state index contributed by atoms with van der Waals surface area (Å²) >= 11 is 5.63. The molecule has 1 rings (SSSR count). The molecule has 2 nitrogen and oxygen atoms in total. The van der Waals surface area contributed by atoms with Gasteiger partial charge in [0.2, 0.25) is 0 Å². The molecule has 0 radical (unpaired) electrons. The van der Waals surface area contributed by atoms with Crippen molar-refractivity contribution in [3.05, 3.63) is 0 Å². The van der Waals surface area contributed by atoms with Gasteiger partial charge in [0.05, 0.1) is 5.92 Å². The Balaban J connectivity index is 2.08. The van der Waals surface area contributed by atoms with E-state index in [0.717, 1.165) is 50.3 Å². The van der Waals surface area contributed by atoms with Crippen LogP contribution < -0.4 is 0 Å². The maximum Gasteiger partial charge on any atom is 0.306 e. The summed E-state index contributed by atoms with van der Waals surface area (Å²) in [5.74, 6) is 0.872. The third kappa shape index (κ3) is 7.81. The molecular weight excluding hydrogens is 260 g/mol. The van der Waals surface area contributed by atoms with Crippen molar-refractivity contribution >= 4 is 17.6 Å². The van der Waals surface area contributed by atoms with Crippen molar-refractivity contribution in [2.24, 2.45) is 11.8 Å². The Morgan fingerprint density at radius 2 is 1.68 bits per heavy atom. The minimum atomic E-state index is -0.584. The van der Waals surface area contributed by atoms with Gasteiger partial charge in [0.1, 0.15) is 0 Å². The topological polar surface area (TPSA) is 37.3 Å². The van der Waals surface area contributed by atoms with Crippen molar-refractivity contribution in [2.45, 2.75) is 77.0 Å². The van der Waals surface area contributed by atoms with Crippen molar-refractivity contribution in [2.75, 3.05) is 5.88 Å². The molecule has 0 aromatic carbocycles. The van der Waals surface area contributed by atoms with Crippen molar-refractivity contribution in [3.8, 4) is 0 Å². The van der Waals surface area contributed by atoms with Gasteiger partial charge in [0.15, 0.2) is 0 Å². The highest BCUT2D eigenvalue weighted by atomic mass is 35.5. The Bertz CT molecular complexity index is 237. The van der Waals surface area contributed by atoms with E-state index < -0.39 is 5.97 Å². The summed E-state index contributed by atoms with van der Waals surface area (Å²) in [7, 11) is 0. The third-order valence-corrected chi connectivity index (χ3v) is 4.70. The molecule has 0 spiro atoms. The number of hydrogen-bond acceptors (Lipinski definition) is 1. The van der Waals surface area contributed by atoms with E-state index in [0.29, 0.717) is 0 Å². The van der Waals surface area contributed by atoms with Gasteiger partial charge >= 0.3 is 5.97 Å². The fourth-order valence-electron chi connectivity index (χ4n) is 3.14. The Labute approximate surface area is 122 Å². The second kappa shape index (κ2) is 10.5. The van der Waals surface area contributed by atoms with Gasteiger partial charge in [-0.25, -0.2) is 0 Å². The van der Waals surface area contributed by atoms with Crippen LogP contribution in [0.15, 0.2) is 0 Å². The normalized spacial score (nSPS) is 17.7. The second-order valence-corrected chi connectivity index (χ2v) is 6.39. The molecule has 0 aromatic rings. The van der Waals surface area contributed by atoms with E-state index >= 15 is 0 Å². The summed E-state index contributed by atoms with van der Waals surface area (Å²) < 4.78 is 0. The average Bonchev–Trinajstić information content (AvgIpc) is 2.89. The molecule has 112 valence electrons. The molecule has 1 atom stereocenters. The van der Waals surface area contributed by atoms with Crippen LogP contribution in [0.1, 0.15) is 77.0 Å². The zero-order valence-electron chi connectivity index (χ0n) is 12.1. The van der Waals surface area contributed by atoms with Crippen LogP contribution >= 0.6 is 11.6 Å². The van der Waals surface area contributed by atoms with Gasteiger partial charge in [0, 0.05) is 5.88 Å². The molecule has 0 heterocycles. The van der Waals surface area contributed by atoms with Gasteiger partial charge in [-0.15, -0.1) is 11.6 Å². The van der Waals surface area contributed by atoms with E-state index in [2.05, 4.69) is 0 Å². The standard InChI is InChI=1S/C16H29ClO2/c17-13-7-3-1-2-4-10-15(16(18)19)12-11-14-8-5-6-9-14/h14-15H,1-13H2,(H,18,19). The summed E-state index contributed by atoms with van der Waals surface area (Å²) in [5, 5.41) is 9.27. The van der Waals surface area contributed by atoms with Crippen LogP contribution in [-0.4, -0.2) is 17.0 Å². The maximum atomic E-state index is 11.3. The smallest absolute Gasteiger partial charge is 0.306 e. The third-order valence-electron chi connectivity index (χ3n) is 4.43. The second-order valence-electron chi connectivity index (χ2n) is 6.01. The van der Waals surface area contributed by atoms with E-state index in [1.165, 1.54) is 38.5 Å². The predicted octanol–water partition coefficient (Wildman–Crippen LogP) is 5.24. The quantitative estimate of drug-likeness (QED) is 0.417. The lowest BCUT2D eigenvalue weighted by molar-refractivity contribution is -0.142. The molecular formula is C16H29ClO2. The molecule has 1 N–H and O–H groups in total. The van der Waals surface area contributed by atoms with Gasteiger partial charge in [-0.2, -0.15) is 0 Å². The van der Waals surface area contributed by atoms with E-state index in [4.69, 9.17) is 11.6 Å². The van der Waals surface area contributed by atoms with E-state index in [1.54, 1.807) is 0 Å². The summed E-state index contributed by atoms with van der Waals surface area (Å²) in [6.07, 6.45) is 13.9. The van der Waals surface area contributed by atoms with Crippen molar-refractivity contribution < 1.29 is 9.90 Å². The molecule has 1 saturated carbocycles. The van der Waals surface area contributed by atoms with Crippen LogP contribution in [0, 0.1) is 11.8 Å². The molecule has 0 saturated heterocycles. The first-order valence-electron chi connectivity index (χ1n) is 8.02. The summed E-state index contributed by atoms with van der Waals surface area (Å²) in [5.41, 5.74) is 0. The van der Waals surface area contributed by atoms with Gasteiger partial charge in [0.25, 0.3) is 0 Å². The molecule has 0 amide bonds. The number of carbonyl (C=O) groups is 1. The van der Waals surface area contributed by atoms with Crippen LogP contribution in [0.2, 0.25) is 0 Å². The minimum Gasteiger partial charge on any atom is -0.481 e. The molecule has 1 aliphatic rings. The first-order valence-corrected chi connectivity index (χ1v) is 8.56. The van der Waals surface area contributed by atoms with Crippen molar-refractivity contribution in [1.82, 2.24) is 0 Å². The van der Waals surface area contributed by atoms with Crippen LogP contribution in [0.3, 0.4) is 0 Å². The van der Waals surface area contributed by atoms with E-state index in [-0.39, 0.29) is 5.92 Å². The van der Waals surface area contributed by atoms with Gasteiger partial charge in [-0.05, 0) is 31.6 Å². The SMILES string of the molecule is O=C(O)C(CCCCCCCCl)CCC1CCCC1. The van der Waals surface area contributed by atoms with Crippen LogP contribution in [0.5, 0.6) is 0 Å². The molecule has 1 unspecified atom stereocenters. The van der Waals surface area contributed by atoms with Gasteiger partial charge in [-0.3, -0.25) is 4.79 Å². The van der Waals surface area contributed by atoms with E-state index in [1.807, 2.05) is 0 Å². The predicted molar refractivity (Wildman–Crippen MR) is 80.7 cm³/mol. The minimum absolute atomic E-state index is 0.103. The Morgan fingerprint density at radius 1 is 1.05 bits per heavy atom. The molecule has 0 aromatic heterocycles. The molecule has 3 heteroatoms. The Hall–Kier alpha value is -0.240. The molecule has 1 aliphatic carbocycles. The van der Waals surface area contributed by atoms with Crippen LogP contribution in [-0.2, 0) is 4.79 Å². The fraction of sp³-hybridized carbons (Fsp3) is 0.938. The number of unbranched alkanes of at least 4 members (excludes halogenated alkanes) is 4. The first-order chi connectivity index (χ1) is 9.24. The summed E-state index contributed by atoms with van der Waals surface area (Å²) in [4.78, 5) is 11.3. The lowest BCUT2D eigenvalue weighted by atomic mass is 9.91. The number of halogens is 1. The van der Waals surface area contributed by atoms with Crippen molar-refractivity contribution in [1.29, 1.82) is 0 Å². The highest BCUT2D eigenvalue weighted by Gasteiger charge is 2.21. The van der Waals surface area contributed by atoms with Gasteiger partial charge in [-0.1, -0.05) is 51.4 Å². The number of aliphatic carboxylic acids is 1. The van der Waals surface area contributed by atoms with Crippen molar-refractivity contribution in [3.63, 3.8) is 0 Å². The van der Waals surface area contributed by atoms with Crippen LogP contribution in [0.25, 0.3) is 0 Å². The largest absolute Gasteiger partial charge is 0.481 e. The highest BCUT2D eigenvalue weighted by molar-refractivity contribution is 6.17. The number of carboxylic acids is 1. The number of hydrogen-bond donors (Lipinski definition) is 1. The monoisotopic (exact) mass is 288 g/mol. The molecule has 0 bridgehead atoms. The molecule has 1 fully saturated rings. The fourth-order valence-corrected chi connectivity index (χ4v) is 3.33. The molecule has 19 heavy (non-hydrogen) atoms. The summed E-state index contributed by atoms with van der Waals surface area (Å²) in [6.45, 7) is 0. The highest BCUT2D eigenvalue weighted by Crippen LogP contribution is 2.30. The number of alkyl halides is 1. The van der Waals surface area contributed by atoms with Gasteiger partial charge < -0.3 is 5.11 Å². The first kappa shape index (κ1) is 16.8. The average molecular weight is 289 g/mol. The lowest BCUT2D eigenvalue weighted by Crippen LogP contribution is -2.15. The lowest BCUT2D eigenvalue weighted by Gasteiger charge is -2.15.